The molecular formula is C23H27N3O7. The van der Waals surface area contributed by atoms with Gasteiger partial charge in [-0.1, -0.05) is 6.07 Å². The van der Waals surface area contributed by atoms with Crippen LogP contribution in [0.25, 0.3) is 5.76 Å². The molecule has 4 atom stereocenters. The van der Waals surface area contributed by atoms with Crippen LogP contribution in [0.3, 0.4) is 0 Å². The molecule has 1 aromatic carbocycles. The summed E-state index contributed by atoms with van der Waals surface area (Å²) in [4.78, 5) is 41.8. The fourth-order valence-corrected chi connectivity index (χ4v) is 5.57. The second kappa shape index (κ2) is 7.32. The Morgan fingerprint density at radius 2 is 1.76 bits per heavy atom. The third-order valence-corrected chi connectivity index (χ3v) is 7.05. The number of nitrogens with zero attached hydrogens (tertiary/aromatic N) is 2. The lowest BCUT2D eigenvalue weighted by Gasteiger charge is -2.50. The van der Waals surface area contributed by atoms with Gasteiger partial charge in [0, 0.05) is 25.6 Å². The van der Waals surface area contributed by atoms with Crippen LogP contribution in [0.4, 0.5) is 5.69 Å². The van der Waals surface area contributed by atoms with Crippen molar-refractivity contribution in [2.24, 2.45) is 17.6 Å². The van der Waals surface area contributed by atoms with Gasteiger partial charge in [-0.25, -0.2) is 0 Å². The molecule has 0 bridgehead atoms. The van der Waals surface area contributed by atoms with Crippen molar-refractivity contribution in [1.29, 1.82) is 0 Å². The molecular weight excluding hydrogens is 430 g/mol. The first-order valence-corrected chi connectivity index (χ1v) is 10.5. The van der Waals surface area contributed by atoms with Gasteiger partial charge in [0.1, 0.15) is 22.8 Å². The van der Waals surface area contributed by atoms with E-state index in [1.807, 2.05) is 0 Å². The van der Waals surface area contributed by atoms with Gasteiger partial charge in [-0.15, -0.1) is 0 Å². The normalized spacial score (nSPS) is 29.1. The number of aliphatic hydroxyl groups excluding tert-OH is 2. The number of amides is 1. The lowest BCUT2D eigenvalue weighted by atomic mass is 9.57. The Kier molecular flexibility index (Phi) is 5.06. The van der Waals surface area contributed by atoms with Gasteiger partial charge >= 0.3 is 0 Å². The largest absolute Gasteiger partial charge is 0.508 e. The highest BCUT2D eigenvalue weighted by molar-refractivity contribution is 6.24. The first-order chi connectivity index (χ1) is 15.3. The molecule has 10 nitrogen and oxygen atoms in total. The maximum Gasteiger partial charge on any atom is 0.255 e. The van der Waals surface area contributed by atoms with Gasteiger partial charge in [-0.3, -0.25) is 19.3 Å². The summed E-state index contributed by atoms with van der Waals surface area (Å²) in [7, 11) is 6.55. The predicted octanol–water partition coefficient (Wildman–Crippen LogP) is 0.0300. The molecule has 0 saturated heterocycles. The van der Waals surface area contributed by atoms with E-state index in [0.717, 1.165) is 0 Å². The van der Waals surface area contributed by atoms with Gasteiger partial charge in [-0.05, 0) is 44.5 Å². The number of hydrogen-bond donors (Lipinski definition) is 5. The number of carbonyl (C=O) groups is 3. The van der Waals surface area contributed by atoms with Crippen LogP contribution < -0.4 is 10.6 Å². The molecule has 3 aliphatic rings. The second-order valence-electron chi connectivity index (χ2n) is 9.32. The van der Waals surface area contributed by atoms with Gasteiger partial charge in [0.05, 0.1) is 17.3 Å². The van der Waals surface area contributed by atoms with E-state index in [1.54, 1.807) is 45.2 Å². The Labute approximate surface area is 190 Å². The minimum atomic E-state index is -2.63. The summed E-state index contributed by atoms with van der Waals surface area (Å²) in [6.45, 7) is 0. The van der Waals surface area contributed by atoms with E-state index in [1.165, 1.54) is 4.90 Å². The number of nitrogens with two attached hydrogens (primary N) is 1. The number of phenolic OH excluding ortho intramolecular Hbond substituents is 1. The average molecular weight is 457 g/mol. The van der Waals surface area contributed by atoms with Gasteiger partial charge < -0.3 is 31.1 Å². The van der Waals surface area contributed by atoms with E-state index in [0.29, 0.717) is 11.3 Å². The molecule has 176 valence electrons. The fourth-order valence-electron chi connectivity index (χ4n) is 5.57. The number of benzene rings is 1. The Hall–Kier alpha value is -3.37. The Morgan fingerprint density at radius 3 is 2.30 bits per heavy atom. The maximum atomic E-state index is 13.7. The number of aromatic hydroxyl groups is 1. The number of carbonyl (C=O) groups excluding carboxylic acids is 3. The Morgan fingerprint density at radius 1 is 1.12 bits per heavy atom. The molecule has 33 heavy (non-hydrogen) atoms. The number of primary amides is 1. The van der Waals surface area contributed by atoms with E-state index in [4.69, 9.17) is 5.73 Å². The number of phenols is 1. The average Bonchev–Trinajstić information content (AvgIpc) is 2.70. The first kappa shape index (κ1) is 22.8. The second-order valence-corrected chi connectivity index (χ2v) is 9.32. The lowest BCUT2D eigenvalue weighted by molar-refractivity contribution is -0.153. The molecule has 4 rings (SSSR count). The smallest absolute Gasteiger partial charge is 0.255 e. The number of Topliss-reactive ketones (excluding diaryl/α,β-unsaturated/α-hetero) is 2. The molecule has 1 amide bonds. The summed E-state index contributed by atoms with van der Waals surface area (Å²) >= 11 is 0. The molecule has 1 saturated carbocycles. The van der Waals surface area contributed by atoms with Crippen molar-refractivity contribution in [3.05, 3.63) is 40.2 Å². The topological polar surface area (TPSA) is 165 Å². The molecule has 0 heterocycles. The zero-order valence-corrected chi connectivity index (χ0v) is 18.8. The summed E-state index contributed by atoms with van der Waals surface area (Å²) in [5.41, 5.74) is 2.82. The zero-order valence-electron chi connectivity index (χ0n) is 18.8. The molecule has 0 radical (unpaired) electrons. The molecule has 1 fully saturated rings. The van der Waals surface area contributed by atoms with Crippen molar-refractivity contribution in [2.45, 2.75) is 24.5 Å². The van der Waals surface area contributed by atoms with Crippen LogP contribution in [0.5, 0.6) is 5.75 Å². The molecule has 6 N–H and O–H groups in total. The third kappa shape index (κ3) is 2.90. The van der Waals surface area contributed by atoms with Crippen LogP contribution in [0, 0.1) is 11.8 Å². The highest BCUT2D eigenvalue weighted by Gasteiger charge is 2.64. The minimum Gasteiger partial charge on any atom is -0.508 e. The van der Waals surface area contributed by atoms with E-state index in [2.05, 4.69) is 0 Å². The summed E-state index contributed by atoms with van der Waals surface area (Å²) in [6.07, 6.45) is 0.345. The van der Waals surface area contributed by atoms with E-state index >= 15 is 0 Å². The van der Waals surface area contributed by atoms with E-state index in [-0.39, 0.29) is 29.7 Å². The lowest BCUT2D eigenvalue weighted by Crippen LogP contribution is -2.65. The predicted molar refractivity (Wildman–Crippen MR) is 119 cm³/mol. The zero-order chi connectivity index (χ0) is 24.6. The minimum absolute atomic E-state index is 0.0714. The third-order valence-electron chi connectivity index (χ3n) is 7.05. The van der Waals surface area contributed by atoms with Crippen LogP contribution in [0.1, 0.15) is 17.5 Å². The van der Waals surface area contributed by atoms with Crippen molar-refractivity contribution in [1.82, 2.24) is 4.90 Å². The molecule has 0 spiro atoms. The Balaban J connectivity index is 1.97. The number of aliphatic hydroxyl groups is 3. The molecule has 10 heteroatoms. The molecule has 3 unspecified atom stereocenters. The maximum absolute atomic E-state index is 13.7. The van der Waals surface area contributed by atoms with Crippen molar-refractivity contribution in [2.75, 3.05) is 33.1 Å². The molecule has 1 aromatic rings. The number of hydrogen-bond acceptors (Lipinski definition) is 9. The standard InChI is InChI=1S/C23H27N3O7/c1-25(2)12-6-5-9-7-10-8-11-16(26(3)4)19(29)15(22(24)32)21(31)23(11,33)20(30)14(10)18(28)13(9)17(12)27/h5-6,10-11,16,27-28,31,33H,7-8H2,1-4H3,(H2,24,32)/t10?,11?,16?,23-/m0/s1. The van der Waals surface area contributed by atoms with Gasteiger partial charge in [0.15, 0.2) is 11.4 Å². The van der Waals surface area contributed by atoms with E-state index in [9.17, 15) is 34.8 Å². The number of rotatable bonds is 3. The van der Waals surface area contributed by atoms with Crippen molar-refractivity contribution in [3.63, 3.8) is 0 Å². The van der Waals surface area contributed by atoms with Crippen LogP contribution in [-0.2, 0) is 20.8 Å². The monoisotopic (exact) mass is 457 g/mol. The molecule has 3 aliphatic carbocycles. The molecule has 0 aliphatic heterocycles. The SMILES string of the molecule is CN(C)c1ccc2c(c1O)C(O)=C1C(=O)[C@]3(O)C(O)=C(C(N)=O)C(=O)C(N(C)C)C3CC1C2. The van der Waals surface area contributed by atoms with Crippen LogP contribution >= 0.6 is 0 Å². The first-order valence-electron chi connectivity index (χ1n) is 10.5. The van der Waals surface area contributed by atoms with Crippen molar-refractivity contribution in [3.8, 4) is 5.75 Å². The number of ketones is 2. The summed E-state index contributed by atoms with van der Waals surface area (Å²) in [5, 5.41) is 44.2. The van der Waals surface area contributed by atoms with Crippen molar-refractivity contribution >= 4 is 28.9 Å². The highest BCUT2D eigenvalue weighted by atomic mass is 16.3. The Bertz CT molecular complexity index is 1170. The molecule has 0 aromatic heterocycles. The summed E-state index contributed by atoms with van der Waals surface area (Å²) < 4.78 is 0. The van der Waals surface area contributed by atoms with Gasteiger partial charge in [0.2, 0.25) is 5.78 Å². The quantitative estimate of drug-likeness (QED) is 0.394. The van der Waals surface area contributed by atoms with E-state index < -0.39 is 58.0 Å². The fraction of sp³-hybridized carbons (Fsp3) is 0.435. The number of anilines is 1. The number of likely N-dealkylation sites (N-methyl/N-ethyl adjacent to an activating group) is 1. The van der Waals surface area contributed by atoms with Gasteiger partial charge in [-0.2, -0.15) is 0 Å². The van der Waals surface area contributed by atoms with Crippen LogP contribution in [0.2, 0.25) is 0 Å². The summed E-state index contributed by atoms with van der Waals surface area (Å²) in [5.74, 6) is -6.50. The van der Waals surface area contributed by atoms with Crippen molar-refractivity contribution < 1.29 is 34.8 Å². The van der Waals surface area contributed by atoms with Gasteiger partial charge in [0.25, 0.3) is 5.91 Å². The number of fused-ring (bicyclic) bond motifs is 3. The summed E-state index contributed by atoms with van der Waals surface area (Å²) in [6, 6.07) is 2.36. The van der Waals surface area contributed by atoms with Crippen LogP contribution in [0.15, 0.2) is 29.0 Å². The highest BCUT2D eigenvalue weighted by Crippen LogP contribution is 2.53. The van der Waals surface area contributed by atoms with Crippen LogP contribution in [-0.4, -0.2) is 82.6 Å².